The lowest BCUT2D eigenvalue weighted by Gasteiger charge is -2.12. The average molecular weight is 482 g/mol. The number of aliphatic imine (C=N–C) groups is 1. The van der Waals surface area contributed by atoms with Gasteiger partial charge < -0.3 is 9.30 Å². The number of carbonyl (C=O) groups is 1. The summed E-state index contributed by atoms with van der Waals surface area (Å²) in [7, 11) is 0. The van der Waals surface area contributed by atoms with Crippen LogP contribution in [0.15, 0.2) is 77.1 Å². The Morgan fingerprint density at radius 2 is 1.89 bits per heavy atom. The van der Waals surface area contributed by atoms with E-state index in [0.717, 1.165) is 50.1 Å². The molecule has 6 rings (SSSR count). The average Bonchev–Trinajstić information content (AvgIpc) is 3.56. The van der Waals surface area contributed by atoms with Gasteiger partial charge >= 0.3 is 5.97 Å². The molecule has 0 spiro atoms. The first-order chi connectivity index (χ1) is 17.2. The van der Waals surface area contributed by atoms with E-state index in [0.29, 0.717) is 19.6 Å². The van der Waals surface area contributed by atoms with Crippen LogP contribution < -0.4 is 0 Å². The highest BCUT2D eigenvalue weighted by molar-refractivity contribution is 7.13. The summed E-state index contributed by atoms with van der Waals surface area (Å²) < 4.78 is 9.40. The van der Waals surface area contributed by atoms with Crippen molar-refractivity contribution in [1.29, 1.82) is 0 Å². The number of hydrogen-bond donors (Lipinski definition) is 0. The SMILES string of the molecule is CCOC(=O)Cn1c(Cc2nnc3n2-c2sccc2C(c2ccccc2)=NC3)cc2ccccc21. The van der Waals surface area contributed by atoms with Crippen LogP contribution >= 0.6 is 11.3 Å². The summed E-state index contributed by atoms with van der Waals surface area (Å²) in [6.45, 7) is 2.78. The van der Waals surface area contributed by atoms with E-state index in [9.17, 15) is 4.79 Å². The van der Waals surface area contributed by atoms with Crippen molar-refractivity contribution in [3.05, 3.63) is 101 Å². The Labute approximate surface area is 206 Å². The third-order valence-corrected chi connectivity index (χ3v) is 7.05. The second kappa shape index (κ2) is 8.96. The molecule has 7 nitrogen and oxygen atoms in total. The first-order valence-electron chi connectivity index (χ1n) is 11.6. The zero-order valence-electron chi connectivity index (χ0n) is 19.2. The number of nitrogens with zero attached hydrogens (tertiary/aromatic N) is 5. The van der Waals surface area contributed by atoms with Crippen molar-refractivity contribution in [2.45, 2.75) is 26.4 Å². The molecule has 0 saturated carbocycles. The van der Waals surface area contributed by atoms with Crippen molar-refractivity contribution in [3.63, 3.8) is 0 Å². The van der Waals surface area contributed by atoms with Crippen LogP contribution in [0.4, 0.5) is 0 Å². The van der Waals surface area contributed by atoms with Crippen molar-refractivity contribution in [3.8, 4) is 5.00 Å². The molecule has 1 aliphatic rings. The van der Waals surface area contributed by atoms with Crippen LogP contribution in [-0.2, 0) is 29.0 Å². The van der Waals surface area contributed by atoms with Crippen LogP contribution in [0.2, 0.25) is 0 Å². The number of hydrogen-bond acceptors (Lipinski definition) is 6. The van der Waals surface area contributed by atoms with E-state index < -0.39 is 0 Å². The summed E-state index contributed by atoms with van der Waals surface area (Å²) in [5.74, 6) is 1.38. The zero-order chi connectivity index (χ0) is 23.8. The fourth-order valence-electron chi connectivity index (χ4n) is 4.64. The first kappa shape index (κ1) is 21.5. The largest absolute Gasteiger partial charge is 0.465 e. The standard InChI is InChI=1S/C27H23N5O2S/c1-2-34-25(33)17-31-20(14-19-10-6-7-11-22(19)31)15-23-29-30-24-16-28-26(18-8-4-3-5-9-18)21-12-13-35-27(21)32(23)24/h3-14H,2,15-17H2,1H3. The van der Waals surface area contributed by atoms with Gasteiger partial charge in [0.25, 0.3) is 0 Å². The topological polar surface area (TPSA) is 74.3 Å². The molecule has 3 aromatic heterocycles. The molecular formula is C27H23N5O2S. The Kier molecular flexibility index (Phi) is 5.50. The molecular weight excluding hydrogens is 458 g/mol. The lowest BCUT2D eigenvalue weighted by atomic mass is 10.0. The fourth-order valence-corrected chi connectivity index (χ4v) is 5.58. The molecule has 0 saturated heterocycles. The summed E-state index contributed by atoms with van der Waals surface area (Å²) >= 11 is 1.66. The molecule has 0 atom stereocenters. The van der Waals surface area contributed by atoms with Gasteiger partial charge in [0.05, 0.1) is 12.3 Å². The molecule has 8 heteroatoms. The predicted molar refractivity (Wildman–Crippen MR) is 136 cm³/mol. The Bertz CT molecular complexity index is 1560. The van der Waals surface area contributed by atoms with Crippen molar-refractivity contribution in [2.24, 2.45) is 4.99 Å². The van der Waals surface area contributed by atoms with Crippen LogP contribution in [0, 0.1) is 0 Å². The van der Waals surface area contributed by atoms with Crippen molar-refractivity contribution < 1.29 is 9.53 Å². The van der Waals surface area contributed by atoms with Gasteiger partial charge in [0.1, 0.15) is 23.9 Å². The summed E-state index contributed by atoms with van der Waals surface area (Å²) in [6.07, 6.45) is 0.527. The summed E-state index contributed by atoms with van der Waals surface area (Å²) in [4.78, 5) is 17.3. The van der Waals surface area contributed by atoms with Crippen molar-refractivity contribution in [1.82, 2.24) is 19.3 Å². The second-order valence-corrected chi connectivity index (χ2v) is 9.20. The van der Waals surface area contributed by atoms with E-state index >= 15 is 0 Å². The van der Waals surface area contributed by atoms with Crippen LogP contribution in [-0.4, -0.2) is 37.6 Å². The number of fused-ring (bicyclic) bond motifs is 4. The van der Waals surface area contributed by atoms with Gasteiger partial charge in [-0.25, -0.2) is 0 Å². The van der Waals surface area contributed by atoms with Crippen molar-refractivity contribution in [2.75, 3.05) is 6.61 Å². The third kappa shape index (κ3) is 3.85. The van der Waals surface area contributed by atoms with Gasteiger partial charge in [-0.15, -0.1) is 21.5 Å². The quantitative estimate of drug-likeness (QED) is 0.327. The van der Waals surface area contributed by atoms with E-state index in [4.69, 9.17) is 9.73 Å². The number of para-hydroxylation sites is 1. The number of carbonyl (C=O) groups excluding carboxylic acids is 1. The van der Waals surface area contributed by atoms with Gasteiger partial charge in [-0.3, -0.25) is 14.4 Å². The second-order valence-electron chi connectivity index (χ2n) is 8.30. The Balaban J connectivity index is 1.42. The van der Waals surface area contributed by atoms with Crippen LogP contribution in [0.1, 0.15) is 35.4 Å². The Morgan fingerprint density at radius 1 is 1.06 bits per heavy atom. The number of esters is 1. The van der Waals surface area contributed by atoms with Gasteiger partial charge in [0, 0.05) is 28.8 Å². The van der Waals surface area contributed by atoms with Gasteiger partial charge in [-0.1, -0.05) is 48.5 Å². The summed E-state index contributed by atoms with van der Waals surface area (Å²) in [6, 6.07) is 22.5. The van der Waals surface area contributed by atoms with Gasteiger partial charge in [0.15, 0.2) is 5.82 Å². The Hall–Kier alpha value is -4.04. The highest BCUT2D eigenvalue weighted by atomic mass is 32.1. The molecule has 0 N–H and O–H groups in total. The van der Waals surface area contributed by atoms with E-state index in [1.165, 1.54) is 0 Å². The normalized spacial score (nSPS) is 12.7. The molecule has 0 bridgehead atoms. The monoisotopic (exact) mass is 481 g/mol. The van der Waals surface area contributed by atoms with Gasteiger partial charge in [-0.05, 0) is 35.9 Å². The lowest BCUT2D eigenvalue weighted by molar-refractivity contribution is -0.143. The molecule has 5 aromatic rings. The van der Waals surface area contributed by atoms with Crippen LogP contribution in [0.3, 0.4) is 0 Å². The number of ether oxygens (including phenoxy) is 1. The van der Waals surface area contributed by atoms with E-state index in [-0.39, 0.29) is 12.5 Å². The van der Waals surface area contributed by atoms with E-state index in [1.54, 1.807) is 11.3 Å². The molecule has 0 amide bonds. The maximum atomic E-state index is 12.4. The van der Waals surface area contributed by atoms with Gasteiger partial charge in [0.2, 0.25) is 0 Å². The number of rotatable bonds is 6. The molecule has 1 aliphatic heterocycles. The molecule has 0 fully saturated rings. The highest BCUT2D eigenvalue weighted by Crippen LogP contribution is 2.31. The minimum atomic E-state index is -0.253. The summed E-state index contributed by atoms with van der Waals surface area (Å²) in [5, 5.41) is 13.3. The first-order valence-corrected chi connectivity index (χ1v) is 12.4. The maximum absolute atomic E-state index is 12.4. The Morgan fingerprint density at radius 3 is 2.74 bits per heavy atom. The predicted octanol–water partition coefficient (Wildman–Crippen LogP) is 4.79. The van der Waals surface area contributed by atoms with E-state index in [2.05, 4.69) is 50.5 Å². The molecule has 0 aliphatic carbocycles. The molecule has 0 unspecified atom stereocenters. The smallest absolute Gasteiger partial charge is 0.325 e. The van der Waals surface area contributed by atoms with Crippen LogP contribution in [0.5, 0.6) is 0 Å². The number of benzene rings is 2. The van der Waals surface area contributed by atoms with E-state index in [1.807, 2.05) is 47.9 Å². The fraction of sp³-hybridized carbons (Fsp3) is 0.185. The molecule has 174 valence electrons. The molecule has 4 heterocycles. The minimum absolute atomic E-state index is 0.156. The zero-order valence-corrected chi connectivity index (χ0v) is 20.0. The van der Waals surface area contributed by atoms with Crippen molar-refractivity contribution >= 4 is 33.9 Å². The number of thiophene rings is 1. The summed E-state index contributed by atoms with van der Waals surface area (Å²) in [5.41, 5.74) is 5.11. The highest BCUT2D eigenvalue weighted by Gasteiger charge is 2.25. The molecule has 2 aromatic carbocycles. The third-order valence-electron chi connectivity index (χ3n) is 6.15. The maximum Gasteiger partial charge on any atom is 0.325 e. The lowest BCUT2D eigenvalue weighted by Crippen LogP contribution is -2.16. The number of aromatic nitrogens is 4. The van der Waals surface area contributed by atoms with Crippen LogP contribution in [0.25, 0.3) is 15.9 Å². The van der Waals surface area contributed by atoms with Gasteiger partial charge in [-0.2, -0.15) is 0 Å². The minimum Gasteiger partial charge on any atom is -0.465 e. The molecule has 35 heavy (non-hydrogen) atoms. The molecule has 0 radical (unpaired) electrons.